The standard InChI is InChI=1S/C18H25N3O2/c1-2-20-10-12-21(13-11-20)17(23)18(8-9-18)16(22)19-14-15-6-4-3-5-7-15/h3-7H,2,8-14H2,1H3,(H,19,22). The summed E-state index contributed by atoms with van der Waals surface area (Å²) in [6.45, 7) is 6.93. The Hall–Kier alpha value is -1.88. The Morgan fingerprint density at radius 1 is 1.09 bits per heavy atom. The Morgan fingerprint density at radius 2 is 1.74 bits per heavy atom. The van der Waals surface area contributed by atoms with Gasteiger partial charge in [-0.15, -0.1) is 0 Å². The van der Waals surface area contributed by atoms with Crippen molar-refractivity contribution in [2.24, 2.45) is 5.41 Å². The first-order valence-corrected chi connectivity index (χ1v) is 8.49. The van der Waals surface area contributed by atoms with E-state index < -0.39 is 5.41 Å². The number of carbonyl (C=O) groups is 2. The minimum Gasteiger partial charge on any atom is -0.351 e. The van der Waals surface area contributed by atoms with Crippen LogP contribution in [0.25, 0.3) is 0 Å². The minimum atomic E-state index is -0.789. The molecule has 1 aliphatic carbocycles. The molecule has 2 amide bonds. The van der Waals surface area contributed by atoms with E-state index in [1.165, 1.54) is 0 Å². The van der Waals surface area contributed by atoms with Crippen LogP contribution in [0.2, 0.25) is 0 Å². The van der Waals surface area contributed by atoms with Crippen molar-refractivity contribution in [3.8, 4) is 0 Å². The molecule has 2 fully saturated rings. The number of nitrogens with zero attached hydrogens (tertiary/aromatic N) is 2. The van der Waals surface area contributed by atoms with E-state index in [1.54, 1.807) is 0 Å². The smallest absolute Gasteiger partial charge is 0.238 e. The van der Waals surface area contributed by atoms with Crippen LogP contribution in [-0.2, 0) is 16.1 Å². The molecule has 0 atom stereocenters. The highest BCUT2D eigenvalue weighted by Crippen LogP contribution is 2.47. The van der Waals surface area contributed by atoms with Crippen molar-refractivity contribution < 1.29 is 9.59 Å². The number of nitrogens with one attached hydrogen (secondary N) is 1. The first-order valence-electron chi connectivity index (χ1n) is 8.49. The fourth-order valence-electron chi connectivity index (χ4n) is 3.18. The van der Waals surface area contributed by atoms with E-state index in [1.807, 2.05) is 35.2 Å². The van der Waals surface area contributed by atoms with E-state index in [9.17, 15) is 9.59 Å². The summed E-state index contributed by atoms with van der Waals surface area (Å²) in [5, 5.41) is 2.94. The van der Waals surface area contributed by atoms with Crippen molar-refractivity contribution in [2.45, 2.75) is 26.3 Å². The van der Waals surface area contributed by atoms with E-state index >= 15 is 0 Å². The van der Waals surface area contributed by atoms with Gasteiger partial charge < -0.3 is 15.1 Å². The van der Waals surface area contributed by atoms with Gasteiger partial charge in [-0.3, -0.25) is 9.59 Å². The van der Waals surface area contributed by atoms with E-state index in [2.05, 4.69) is 17.1 Å². The van der Waals surface area contributed by atoms with E-state index in [0.717, 1.165) is 38.3 Å². The van der Waals surface area contributed by atoms with Gasteiger partial charge >= 0.3 is 0 Å². The maximum Gasteiger partial charge on any atom is 0.238 e. The monoisotopic (exact) mass is 315 g/mol. The molecule has 0 bridgehead atoms. The van der Waals surface area contributed by atoms with Crippen LogP contribution in [0.3, 0.4) is 0 Å². The second kappa shape index (κ2) is 6.71. The summed E-state index contributed by atoms with van der Waals surface area (Å²) in [5.41, 5.74) is 0.268. The molecule has 5 heteroatoms. The first kappa shape index (κ1) is 16.0. The maximum absolute atomic E-state index is 12.8. The van der Waals surface area contributed by atoms with Crippen LogP contribution in [0, 0.1) is 5.41 Å². The molecule has 1 aromatic carbocycles. The van der Waals surface area contributed by atoms with Gasteiger partial charge in [0.05, 0.1) is 0 Å². The topological polar surface area (TPSA) is 52.7 Å². The zero-order valence-electron chi connectivity index (χ0n) is 13.8. The quantitative estimate of drug-likeness (QED) is 0.832. The molecule has 1 N–H and O–H groups in total. The third kappa shape index (κ3) is 3.39. The second-order valence-corrected chi connectivity index (χ2v) is 6.48. The number of piperazine rings is 1. The molecule has 1 heterocycles. The van der Waals surface area contributed by atoms with Crippen molar-refractivity contribution in [3.63, 3.8) is 0 Å². The number of likely N-dealkylation sites (N-methyl/N-ethyl adjacent to an activating group) is 1. The highest BCUT2D eigenvalue weighted by atomic mass is 16.2. The summed E-state index contributed by atoms with van der Waals surface area (Å²) in [4.78, 5) is 29.5. The number of rotatable bonds is 5. The molecule has 0 spiro atoms. The number of hydrogen-bond donors (Lipinski definition) is 1. The van der Waals surface area contributed by atoms with E-state index in [4.69, 9.17) is 0 Å². The second-order valence-electron chi connectivity index (χ2n) is 6.48. The van der Waals surface area contributed by atoms with Crippen molar-refractivity contribution in [2.75, 3.05) is 32.7 Å². The van der Waals surface area contributed by atoms with Crippen LogP contribution < -0.4 is 5.32 Å². The lowest BCUT2D eigenvalue weighted by Gasteiger charge is -2.35. The van der Waals surface area contributed by atoms with Crippen molar-refractivity contribution in [3.05, 3.63) is 35.9 Å². The maximum atomic E-state index is 12.8. The SMILES string of the molecule is CCN1CCN(C(=O)C2(C(=O)NCc3ccccc3)CC2)CC1. The zero-order valence-corrected chi connectivity index (χ0v) is 13.8. The lowest BCUT2D eigenvalue weighted by molar-refractivity contribution is -0.145. The van der Waals surface area contributed by atoms with Crippen LogP contribution in [-0.4, -0.2) is 54.3 Å². The lowest BCUT2D eigenvalue weighted by Crippen LogP contribution is -2.53. The average Bonchev–Trinajstić information content (AvgIpc) is 3.42. The Balaban J connectivity index is 1.56. The molecule has 3 rings (SSSR count). The summed E-state index contributed by atoms with van der Waals surface area (Å²) >= 11 is 0. The molecular formula is C18H25N3O2. The van der Waals surface area contributed by atoms with Crippen LogP contribution in [0.1, 0.15) is 25.3 Å². The number of amides is 2. The lowest BCUT2D eigenvalue weighted by atomic mass is 10.0. The summed E-state index contributed by atoms with van der Waals surface area (Å²) < 4.78 is 0. The van der Waals surface area contributed by atoms with Crippen molar-refractivity contribution in [1.29, 1.82) is 0 Å². The third-order valence-corrected chi connectivity index (χ3v) is 5.00. The molecule has 2 aliphatic rings. The van der Waals surface area contributed by atoms with Crippen LogP contribution >= 0.6 is 0 Å². The highest BCUT2D eigenvalue weighted by molar-refractivity contribution is 6.07. The summed E-state index contributed by atoms with van der Waals surface area (Å²) in [6, 6.07) is 9.81. The normalized spacial score (nSPS) is 20.1. The molecule has 23 heavy (non-hydrogen) atoms. The molecule has 1 saturated heterocycles. The van der Waals surface area contributed by atoms with Gasteiger partial charge in [0.15, 0.2) is 0 Å². The molecule has 0 aromatic heterocycles. The summed E-state index contributed by atoms with van der Waals surface area (Å²) in [5.74, 6) is -0.0805. The molecule has 124 valence electrons. The van der Waals surface area contributed by atoms with Crippen LogP contribution in [0.4, 0.5) is 0 Å². The third-order valence-electron chi connectivity index (χ3n) is 5.00. The molecule has 1 saturated carbocycles. The predicted molar refractivity (Wildman–Crippen MR) is 88.6 cm³/mol. The van der Waals surface area contributed by atoms with Gasteiger partial charge in [0, 0.05) is 32.7 Å². The van der Waals surface area contributed by atoms with Crippen LogP contribution in [0.5, 0.6) is 0 Å². The van der Waals surface area contributed by atoms with Crippen molar-refractivity contribution in [1.82, 2.24) is 15.1 Å². The first-order chi connectivity index (χ1) is 11.2. The fraction of sp³-hybridized carbons (Fsp3) is 0.556. The molecule has 0 radical (unpaired) electrons. The summed E-state index contributed by atoms with van der Waals surface area (Å²) in [7, 11) is 0. The van der Waals surface area contributed by atoms with Gasteiger partial charge in [0.2, 0.25) is 11.8 Å². The Morgan fingerprint density at radius 3 is 2.30 bits per heavy atom. The summed E-state index contributed by atoms with van der Waals surface area (Å²) in [6.07, 6.45) is 1.36. The minimum absolute atomic E-state index is 0.0267. The van der Waals surface area contributed by atoms with E-state index in [-0.39, 0.29) is 11.8 Å². The fourth-order valence-corrected chi connectivity index (χ4v) is 3.18. The van der Waals surface area contributed by atoms with Crippen molar-refractivity contribution >= 4 is 11.8 Å². The van der Waals surface area contributed by atoms with Gasteiger partial charge in [0.25, 0.3) is 0 Å². The highest BCUT2D eigenvalue weighted by Gasteiger charge is 2.57. The molecular weight excluding hydrogens is 290 g/mol. The van der Waals surface area contributed by atoms with Gasteiger partial charge in [0.1, 0.15) is 5.41 Å². The molecule has 0 unspecified atom stereocenters. The Kier molecular flexibility index (Phi) is 4.66. The zero-order chi connectivity index (χ0) is 16.3. The van der Waals surface area contributed by atoms with Gasteiger partial charge in [-0.25, -0.2) is 0 Å². The number of benzene rings is 1. The van der Waals surface area contributed by atoms with Gasteiger partial charge in [-0.05, 0) is 24.9 Å². The molecule has 1 aliphatic heterocycles. The largest absolute Gasteiger partial charge is 0.351 e. The Labute approximate surface area is 137 Å². The van der Waals surface area contributed by atoms with Gasteiger partial charge in [-0.2, -0.15) is 0 Å². The number of hydrogen-bond acceptors (Lipinski definition) is 3. The van der Waals surface area contributed by atoms with Gasteiger partial charge in [-0.1, -0.05) is 37.3 Å². The molecule has 1 aromatic rings. The Bertz CT molecular complexity index is 561. The number of carbonyl (C=O) groups excluding carboxylic acids is 2. The predicted octanol–water partition coefficient (Wildman–Crippen LogP) is 1.25. The van der Waals surface area contributed by atoms with E-state index in [0.29, 0.717) is 19.4 Å². The molecule has 5 nitrogen and oxygen atoms in total. The van der Waals surface area contributed by atoms with Crippen LogP contribution in [0.15, 0.2) is 30.3 Å². The average molecular weight is 315 g/mol.